The lowest BCUT2D eigenvalue weighted by atomic mass is 9.35. The molecule has 1 aliphatic heterocycles. The van der Waals surface area contributed by atoms with Gasteiger partial charge in [-0.2, -0.15) is 0 Å². The number of rotatable bonds is 2. The van der Waals surface area contributed by atoms with Gasteiger partial charge in [0.05, 0.1) is 12.0 Å². The fourth-order valence-corrected chi connectivity index (χ4v) is 10.7. The standard InChI is InChI=1S/C30H48O3/c1-18(2)16-19-17-21(26(32)33-19)20-10-14-29(6)22(20)8-9-24-28(5)13-12-25(31)27(3,4)23(28)11-15-30(24,29)7/h16,19-25,31H,8-15,17H2,1-7H3/t19-,20+,21+,22+,23-,24+,25-,28-,29+,30+/m0/s1. The lowest BCUT2D eigenvalue weighted by molar-refractivity contribution is -0.222. The van der Waals surface area contributed by atoms with E-state index in [1.165, 1.54) is 50.5 Å². The van der Waals surface area contributed by atoms with Gasteiger partial charge < -0.3 is 9.84 Å². The Morgan fingerprint density at radius 1 is 0.909 bits per heavy atom. The van der Waals surface area contributed by atoms with Crippen molar-refractivity contribution in [3.63, 3.8) is 0 Å². The molecule has 5 fully saturated rings. The zero-order chi connectivity index (χ0) is 24.0. The van der Waals surface area contributed by atoms with E-state index in [1.807, 2.05) is 0 Å². The number of hydrogen-bond donors (Lipinski definition) is 1. The van der Waals surface area contributed by atoms with Gasteiger partial charge in [-0.3, -0.25) is 4.79 Å². The first-order valence-electron chi connectivity index (χ1n) is 13.9. The molecule has 1 heterocycles. The third kappa shape index (κ3) is 3.19. The van der Waals surface area contributed by atoms with E-state index in [1.54, 1.807) is 0 Å². The normalized spacial score (nSPS) is 53.0. The molecule has 0 radical (unpaired) electrons. The molecule has 1 saturated heterocycles. The van der Waals surface area contributed by atoms with Crippen molar-refractivity contribution >= 4 is 5.97 Å². The van der Waals surface area contributed by atoms with Crippen LogP contribution < -0.4 is 0 Å². The summed E-state index contributed by atoms with van der Waals surface area (Å²) in [7, 11) is 0. The number of aliphatic hydroxyl groups excluding tert-OH is 1. The van der Waals surface area contributed by atoms with Crippen molar-refractivity contribution in [2.24, 2.45) is 51.2 Å². The first kappa shape index (κ1) is 23.9. The number of allylic oxidation sites excluding steroid dienone is 1. The first-order valence-corrected chi connectivity index (χ1v) is 13.9. The zero-order valence-corrected chi connectivity index (χ0v) is 22.2. The fraction of sp³-hybridized carbons (Fsp3) is 0.900. The van der Waals surface area contributed by atoms with Gasteiger partial charge in [0.25, 0.3) is 0 Å². The van der Waals surface area contributed by atoms with Gasteiger partial charge in [-0.15, -0.1) is 0 Å². The van der Waals surface area contributed by atoms with Crippen LogP contribution in [0.25, 0.3) is 0 Å². The van der Waals surface area contributed by atoms with E-state index in [4.69, 9.17) is 4.74 Å². The van der Waals surface area contributed by atoms with Crippen LogP contribution in [0.2, 0.25) is 0 Å². The number of cyclic esters (lactones) is 1. The maximum absolute atomic E-state index is 13.0. The van der Waals surface area contributed by atoms with Gasteiger partial charge in [-0.1, -0.05) is 40.2 Å². The Hall–Kier alpha value is -0.830. The number of esters is 1. The number of fused-ring (bicyclic) bond motifs is 5. The molecule has 0 spiro atoms. The van der Waals surface area contributed by atoms with Gasteiger partial charge in [-0.05, 0) is 117 Å². The van der Waals surface area contributed by atoms with E-state index >= 15 is 0 Å². The molecule has 5 aliphatic rings. The molecule has 0 aromatic carbocycles. The Labute approximate surface area is 202 Å². The SMILES string of the molecule is CC(C)=C[C@H]1C[C@H]([C@H]2CC[C@]3(C)[C@@H]2CC[C@@H]2[C@@]4(C)CC[C@H](O)C(C)(C)[C@@H]4CC[C@]23C)C(=O)O1. The highest BCUT2D eigenvalue weighted by atomic mass is 16.5. The van der Waals surface area contributed by atoms with Gasteiger partial charge in [0, 0.05) is 6.42 Å². The number of ether oxygens (including phenoxy) is 1. The Kier molecular flexibility index (Phi) is 5.49. The molecular formula is C30H48O3. The van der Waals surface area contributed by atoms with Gasteiger partial charge in [-0.25, -0.2) is 0 Å². The summed E-state index contributed by atoms with van der Waals surface area (Å²) in [6.45, 7) is 16.7. The predicted molar refractivity (Wildman–Crippen MR) is 132 cm³/mol. The van der Waals surface area contributed by atoms with Crippen LogP contribution >= 0.6 is 0 Å². The molecule has 0 bridgehead atoms. The number of carbonyl (C=O) groups is 1. The van der Waals surface area contributed by atoms with E-state index in [0.29, 0.717) is 34.0 Å². The van der Waals surface area contributed by atoms with Crippen LogP contribution in [0.4, 0.5) is 0 Å². The molecule has 3 heteroatoms. The largest absolute Gasteiger partial charge is 0.458 e. The molecule has 4 aliphatic carbocycles. The second-order valence-corrected chi connectivity index (χ2v) is 14.3. The van der Waals surface area contributed by atoms with Crippen molar-refractivity contribution in [2.45, 2.75) is 118 Å². The Morgan fingerprint density at radius 2 is 1.61 bits per heavy atom. The number of hydrogen-bond acceptors (Lipinski definition) is 3. The van der Waals surface area contributed by atoms with E-state index < -0.39 is 0 Å². The molecule has 3 nitrogen and oxygen atoms in total. The van der Waals surface area contributed by atoms with Gasteiger partial charge in [0.15, 0.2) is 0 Å². The number of aliphatic hydroxyl groups is 1. The minimum atomic E-state index is -0.162. The lowest BCUT2D eigenvalue weighted by Gasteiger charge is -2.69. The minimum absolute atomic E-state index is 0.0117. The van der Waals surface area contributed by atoms with E-state index in [-0.39, 0.29) is 29.5 Å². The molecule has 186 valence electrons. The van der Waals surface area contributed by atoms with Crippen molar-refractivity contribution in [1.29, 1.82) is 0 Å². The number of carbonyl (C=O) groups excluding carboxylic acids is 1. The molecule has 33 heavy (non-hydrogen) atoms. The highest BCUT2D eigenvalue weighted by molar-refractivity contribution is 5.75. The summed E-state index contributed by atoms with van der Waals surface area (Å²) in [6.07, 6.45) is 12.5. The third-order valence-corrected chi connectivity index (χ3v) is 12.5. The average Bonchev–Trinajstić information content (AvgIpc) is 3.24. The van der Waals surface area contributed by atoms with Crippen LogP contribution in [-0.2, 0) is 9.53 Å². The Balaban J connectivity index is 1.43. The summed E-state index contributed by atoms with van der Waals surface area (Å²) in [5, 5.41) is 10.9. The van der Waals surface area contributed by atoms with E-state index in [9.17, 15) is 9.90 Å². The predicted octanol–water partition coefficient (Wildman–Crippen LogP) is 6.93. The minimum Gasteiger partial charge on any atom is -0.458 e. The summed E-state index contributed by atoms with van der Waals surface area (Å²) < 4.78 is 5.82. The van der Waals surface area contributed by atoms with Crippen molar-refractivity contribution < 1.29 is 14.6 Å². The maximum Gasteiger partial charge on any atom is 0.309 e. The second kappa shape index (κ2) is 7.58. The average molecular weight is 457 g/mol. The van der Waals surface area contributed by atoms with Crippen molar-refractivity contribution in [3.8, 4) is 0 Å². The molecule has 0 aromatic heterocycles. The molecule has 5 rings (SSSR count). The van der Waals surface area contributed by atoms with Crippen LogP contribution in [-0.4, -0.2) is 23.3 Å². The molecule has 0 unspecified atom stereocenters. The molecule has 0 aromatic rings. The zero-order valence-electron chi connectivity index (χ0n) is 22.2. The molecule has 1 N–H and O–H groups in total. The topological polar surface area (TPSA) is 46.5 Å². The molecule has 0 amide bonds. The van der Waals surface area contributed by atoms with Crippen molar-refractivity contribution in [2.75, 3.05) is 0 Å². The summed E-state index contributed by atoms with van der Waals surface area (Å²) in [5.41, 5.74) is 2.21. The van der Waals surface area contributed by atoms with Gasteiger partial charge in [0.2, 0.25) is 0 Å². The quantitative estimate of drug-likeness (QED) is 0.362. The summed E-state index contributed by atoms with van der Waals surface area (Å²) in [6, 6.07) is 0. The summed E-state index contributed by atoms with van der Waals surface area (Å²) >= 11 is 0. The first-order chi connectivity index (χ1) is 15.3. The molecule has 4 saturated carbocycles. The molecule has 10 atom stereocenters. The van der Waals surface area contributed by atoms with E-state index in [0.717, 1.165) is 18.8 Å². The Morgan fingerprint density at radius 3 is 2.30 bits per heavy atom. The van der Waals surface area contributed by atoms with Gasteiger partial charge in [0.1, 0.15) is 6.10 Å². The van der Waals surface area contributed by atoms with Crippen LogP contribution in [0.3, 0.4) is 0 Å². The monoisotopic (exact) mass is 456 g/mol. The van der Waals surface area contributed by atoms with Gasteiger partial charge >= 0.3 is 5.97 Å². The lowest BCUT2D eigenvalue weighted by Crippen LogP contribution is -2.63. The summed E-state index contributed by atoms with van der Waals surface area (Å²) in [4.78, 5) is 13.0. The highest BCUT2D eigenvalue weighted by Crippen LogP contribution is 2.75. The summed E-state index contributed by atoms with van der Waals surface area (Å²) in [5.74, 6) is 2.63. The third-order valence-electron chi connectivity index (χ3n) is 12.5. The Bertz CT molecular complexity index is 839. The highest BCUT2D eigenvalue weighted by Gasteiger charge is 2.69. The van der Waals surface area contributed by atoms with Crippen LogP contribution in [0.1, 0.15) is 106 Å². The van der Waals surface area contributed by atoms with Crippen LogP contribution in [0, 0.1) is 51.2 Å². The van der Waals surface area contributed by atoms with Crippen molar-refractivity contribution in [1.82, 2.24) is 0 Å². The maximum atomic E-state index is 13.0. The van der Waals surface area contributed by atoms with E-state index in [2.05, 4.69) is 54.5 Å². The van der Waals surface area contributed by atoms with Crippen LogP contribution in [0.15, 0.2) is 11.6 Å². The molecular weight excluding hydrogens is 408 g/mol. The van der Waals surface area contributed by atoms with Crippen LogP contribution in [0.5, 0.6) is 0 Å². The fourth-order valence-electron chi connectivity index (χ4n) is 10.7. The smallest absolute Gasteiger partial charge is 0.309 e. The second-order valence-electron chi connectivity index (χ2n) is 14.3. The van der Waals surface area contributed by atoms with Crippen molar-refractivity contribution in [3.05, 3.63) is 11.6 Å².